The van der Waals surface area contributed by atoms with Gasteiger partial charge in [0.1, 0.15) is 12.2 Å². The number of fused-ring (bicyclic) bond motifs is 5. The van der Waals surface area contributed by atoms with Gasteiger partial charge in [0, 0.05) is 23.3 Å². The van der Waals surface area contributed by atoms with E-state index in [0.29, 0.717) is 70.2 Å². The van der Waals surface area contributed by atoms with Gasteiger partial charge in [-0.15, -0.1) is 0 Å². The van der Waals surface area contributed by atoms with E-state index in [2.05, 4.69) is 25.2 Å². The first-order chi connectivity index (χ1) is 21.5. The van der Waals surface area contributed by atoms with E-state index in [1.54, 1.807) is 13.0 Å². The maximum Gasteiger partial charge on any atom is 0.159 e. The molecule has 9 heteroatoms. The van der Waals surface area contributed by atoms with Crippen molar-refractivity contribution in [3.8, 4) is 0 Å². The van der Waals surface area contributed by atoms with Crippen LogP contribution in [0.4, 0.5) is 0 Å². The third kappa shape index (κ3) is 4.89. The summed E-state index contributed by atoms with van der Waals surface area (Å²) in [7, 11) is 0. The highest BCUT2D eigenvalue weighted by Gasteiger charge is 2.73. The first-order valence-corrected chi connectivity index (χ1v) is 17.8. The van der Waals surface area contributed by atoms with Crippen LogP contribution in [0.1, 0.15) is 105 Å². The maximum absolute atomic E-state index is 13.6. The Morgan fingerprint density at radius 1 is 1.04 bits per heavy atom. The number of nitrogens with one attached hydrogen (secondary N) is 1. The lowest BCUT2D eigenvalue weighted by atomic mass is 9.45. The number of hydrogen-bond acceptors (Lipinski definition) is 9. The van der Waals surface area contributed by atoms with Crippen LogP contribution in [0.2, 0.25) is 0 Å². The van der Waals surface area contributed by atoms with Gasteiger partial charge in [-0.2, -0.15) is 0 Å². The van der Waals surface area contributed by atoms with Gasteiger partial charge in [-0.1, -0.05) is 40.2 Å². The van der Waals surface area contributed by atoms with E-state index >= 15 is 0 Å². The summed E-state index contributed by atoms with van der Waals surface area (Å²) in [6, 6.07) is 0. The van der Waals surface area contributed by atoms with Gasteiger partial charge in [0.2, 0.25) is 0 Å². The zero-order valence-electron chi connectivity index (χ0n) is 28.5. The number of carbonyl (C=O) groups excluding carboxylic acids is 1. The third-order valence-corrected chi connectivity index (χ3v) is 14.4. The molecule has 0 unspecified atom stereocenters. The van der Waals surface area contributed by atoms with Crippen LogP contribution >= 0.6 is 0 Å². The highest BCUT2D eigenvalue weighted by Crippen LogP contribution is 2.70. The Bertz CT molecular complexity index is 1330. The summed E-state index contributed by atoms with van der Waals surface area (Å²) in [6.45, 7) is 10.3. The molecule has 46 heavy (non-hydrogen) atoms. The van der Waals surface area contributed by atoms with Crippen molar-refractivity contribution in [2.24, 2.45) is 39.7 Å². The predicted octanol–water partition coefficient (Wildman–Crippen LogP) is 3.38. The van der Waals surface area contributed by atoms with E-state index in [4.69, 9.17) is 10.5 Å². The van der Waals surface area contributed by atoms with Crippen LogP contribution < -0.4 is 11.1 Å². The second-order valence-corrected chi connectivity index (χ2v) is 16.8. The SMILES string of the molecule is CCC[C@@](O)([C@H]1CC[C@@]2(O)C3=CC(=O)[C@@H]4C[C@@H](O)CC[C@]4(C)[C@H]3CC[C@]12C)[C@H]1O[C@@H]1[C@](C)(O)[C@](C)(CO)CCC1=CCNC(N)=C1. The first-order valence-electron chi connectivity index (χ1n) is 17.8. The smallest absolute Gasteiger partial charge is 0.159 e. The van der Waals surface area contributed by atoms with E-state index in [0.717, 1.165) is 24.0 Å². The van der Waals surface area contributed by atoms with Crippen molar-refractivity contribution < 1.29 is 35.1 Å². The number of carbonyl (C=O) groups is 1. The van der Waals surface area contributed by atoms with Gasteiger partial charge < -0.3 is 41.3 Å². The molecule has 4 aliphatic carbocycles. The van der Waals surface area contributed by atoms with Crippen LogP contribution in [-0.2, 0) is 9.53 Å². The summed E-state index contributed by atoms with van der Waals surface area (Å²) in [5.41, 5.74) is 1.99. The number of aliphatic hydroxyl groups excluding tert-OH is 2. The number of epoxide rings is 1. The van der Waals surface area contributed by atoms with Crippen molar-refractivity contribution in [2.45, 2.75) is 140 Å². The molecule has 0 aromatic rings. The molecular weight excluding hydrogens is 584 g/mol. The van der Waals surface area contributed by atoms with Crippen LogP contribution in [0.25, 0.3) is 0 Å². The Labute approximate surface area is 274 Å². The zero-order valence-corrected chi connectivity index (χ0v) is 28.5. The quantitative estimate of drug-likeness (QED) is 0.177. The Hall–Kier alpha value is -1.75. The fourth-order valence-electron chi connectivity index (χ4n) is 11.0. The second-order valence-electron chi connectivity index (χ2n) is 16.8. The number of aliphatic hydroxyl groups is 5. The molecular formula is C37H58N2O7. The summed E-state index contributed by atoms with van der Waals surface area (Å²) in [5, 5.41) is 61.7. The lowest BCUT2D eigenvalue weighted by molar-refractivity contribution is -0.157. The Kier molecular flexibility index (Phi) is 8.47. The standard InChI is InChI=1S/C37H58N2O7/c1-6-12-36(44,31-30(46-31)35(5,43)32(2,21-40)13-7-22-11-17-39-29(38)18-22)28-10-16-37(45)25-20-27(42)26-19-23(41)8-14-33(26,3)24(25)9-15-34(28,37)4/h11,18,20,23-24,26,28,30-31,39-41,43-45H,6-10,12-17,19,21,38H2,1-5H3/t23-,24-,26-,28-,30-,31-,32-,33+,34+,35-,36+,37+/m0/s1. The molecule has 258 valence electrons. The van der Waals surface area contributed by atoms with Crippen LogP contribution in [0.3, 0.4) is 0 Å². The fraction of sp³-hybridized carbons (Fsp3) is 0.811. The minimum absolute atomic E-state index is 0.0146. The molecule has 0 radical (unpaired) electrons. The summed E-state index contributed by atoms with van der Waals surface area (Å²) in [5.74, 6) is 0.148. The topological polar surface area (TPSA) is 169 Å². The molecule has 0 spiro atoms. The summed E-state index contributed by atoms with van der Waals surface area (Å²) in [4.78, 5) is 13.6. The first kappa shape index (κ1) is 34.1. The summed E-state index contributed by atoms with van der Waals surface area (Å²) >= 11 is 0. The largest absolute Gasteiger partial charge is 0.396 e. The van der Waals surface area contributed by atoms with Gasteiger partial charge in [-0.25, -0.2) is 0 Å². The molecule has 12 atom stereocenters. The van der Waals surface area contributed by atoms with Crippen molar-refractivity contribution in [3.05, 3.63) is 35.2 Å². The molecule has 0 aromatic carbocycles. The number of hydrogen-bond donors (Lipinski definition) is 7. The molecule has 0 aromatic heterocycles. The molecule has 3 saturated carbocycles. The molecule has 6 rings (SSSR count). The predicted molar refractivity (Wildman–Crippen MR) is 175 cm³/mol. The van der Waals surface area contributed by atoms with Crippen LogP contribution in [0, 0.1) is 34.0 Å². The number of nitrogens with two attached hydrogens (primary N) is 1. The van der Waals surface area contributed by atoms with Crippen molar-refractivity contribution >= 4 is 5.78 Å². The van der Waals surface area contributed by atoms with Crippen LogP contribution in [0.5, 0.6) is 0 Å². The average molecular weight is 643 g/mol. The van der Waals surface area contributed by atoms with E-state index < -0.39 is 45.9 Å². The molecule has 2 aliphatic heterocycles. The van der Waals surface area contributed by atoms with Crippen LogP contribution in [-0.4, -0.2) is 79.6 Å². The van der Waals surface area contributed by atoms with E-state index in [1.165, 1.54) is 0 Å². The molecule has 1 saturated heterocycles. The molecule has 8 N–H and O–H groups in total. The molecule has 6 aliphatic rings. The van der Waals surface area contributed by atoms with Gasteiger partial charge in [0.15, 0.2) is 5.78 Å². The summed E-state index contributed by atoms with van der Waals surface area (Å²) in [6.07, 6.45) is 10.7. The molecule has 2 heterocycles. The normalized spacial score (nSPS) is 44.1. The van der Waals surface area contributed by atoms with Gasteiger partial charge in [-0.3, -0.25) is 4.79 Å². The number of allylic oxidation sites excluding steroid dienone is 3. The van der Waals surface area contributed by atoms with Crippen molar-refractivity contribution in [3.63, 3.8) is 0 Å². The molecule has 0 bridgehead atoms. The Balaban J connectivity index is 1.26. The number of ether oxygens (including phenoxy) is 1. The highest BCUT2D eigenvalue weighted by molar-refractivity contribution is 5.95. The van der Waals surface area contributed by atoms with Crippen molar-refractivity contribution in [1.82, 2.24) is 5.32 Å². The number of rotatable bonds is 10. The van der Waals surface area contributed by atoms with Gasteiger partial charge in [0.25, 0.3) is 0 Å². The second kappa shape index (κ2) is 11.4. The Morgan fingerprint density at radius 3 is 2.46 bits per heavy atom. The summed E-state index contributed by atoms with van der Waals surface area (Å²) < 4.78 is 6.31. The van der Waals surface area contributed by atoms with E-state index in [-0.39, 0.29) is 35.6 Å². The highest BCUT2D eigenvalue weighted by atomic mass is 16.6. The number of dihydropyridines is 1. The average Bonchev–Trinajstić information content (AvgIpc) is 3.77. The monoisotopic (exact) mass is 642 g/mol. The Morgan fingerprint density at radius 2 is 1.78 bits per heavy atom. The number of ketones is 1. The van der Waals surface area contributed by atoms with Gasteiger partial charge in [0.05, 0.1) is 35.3 Å². The van der Waals surface area contributed by atoms with E-state index in [1.807, 2.05) is 19.9 Å². The van der Waals surface area contributed by atoms with Crippen molar-refractivity contribution in [1.29, 1.82) is 0 Å². The van der Waals surface area contributed by atoms with Crippen LogP contribution in [0.15, 0.2) is 35.2 Å². The lowest BCUT2D eigenvalue weighted by Crippen LogP contribution is -2.62. The lowest BCUT2D eigenvalue weighted by Gasteiger charge is -2.60. The minimum atomic E-state index is -1.43. The molecule has 0 amide bonds. The van der Waals surface area contributed by atoms with Gasteiger partial charge >= 0.3 is 0 Å². The molecule has 4 fully saturated rings. The minimum Gasteiger partial charge on any atom is -0.396 e. The van der Waals surface area contributed by atoms with Crippen molar-refractivity contribution in [2.75, 3.05) is 13.2 Å². The zero-order chi connectivity index (χ0) is 33.5. The van der Waals surface area contributed by atoms with E-state index in [9.17, 15) is 30.3 Å². The van der Waals surface area contributed by atoms with Gasteiger partial charge in [-0.05, 0) is 112 Å². The fourth-order valence-corrected chi connectivity index (χ4v) is 11.0. The third-order valence-electron chi connectivity index (χ3n) is 14.4. The maximum atomic E-state index is 13.6. The molecule has 9 nitrogen and oxygen atoms in total.